The highest BCUT2D eigenvalue weighted by molar-refractivity contribution is 14.1. The van der Waals surface area contributed by atoms with Gasteiger partial charge in [-0.05, 0) is 46.9 Å². The summed E-state index contributed by atoms with van der Waals surface area (Å²) in [6.45, 7) is 0.367. The Morgan fingerprint density at radius 1 is 1.19 bits per heavy atom. The van der Waals surface area contributed by atoms with Gasteiger partial charge >= 0.3 is 0 Å². The summed E-state index contributed by atoms with van der Waals surface area (Å²) in [5.41, 5.74) is 0.257. The zero-order chi connectivity index (χ0) is 11.5. The second-order valence-electron chi connectivity index (χ2n) is 3.18. The molecule has 0 saturated carbocycles. The van der Waals surface area contributed by atoms with Gasteiger partial charge in [0.2, 0.25) is 0 Å². The second kappa shape index (κ2) is 4.82. The van der Waals surface area contributed by atoms with Crippen molar-refractivity contribution in [2.45, 2.75) is 6.54 Å². The van der Waals surface area contributed by atoms with Gasteiger partial charge < -0.3 is 9.73 Å². The van der Waals surface area contributed by atoms with Crippen molar-refractivity contribution >= 4 is 28.3 Å². The standard InChI is InChI=1S/C11H8F2INO/c12-7-1-3-10(9(13)5-7)15-6-8-2-4-11(14)16-8/h1-5,15H,6H2. The molecule has 5 heteroatoms. The van der Waals surface area contributed by atoms with E-state index in [1.165, 1.54) is 12.1 Å². The first-order chi connectivity index (χ1) is 7.65. The minimum absolute atomic E-state index is 0.257. The van der Waals surface area contributed by atoms with E-state index >= 15 is 0 Å². The van der Waals surface area contributed by atoms with E-state index in [2.05, 4.69) is 5.32 Å². The maximum absolute atomic E-state index is 13.2. The number of anilines is 1. The molecular formula is C11H8F2INO. The normalized spacial score (nSPS) is 10.4. The molecule has 0 saturated heterocycles. The average Bonchev–Trinajstić information content (AvgIpc) is 2.63. The monoisotopic (exact) mass is 335 g/mol. The lowest BCUT2D eigenvalue weighted by atomic mass is 10.3. The predicted molar refractivity (Wildman–Crippen MR) is 65.1 cm³/mol. The molecule has 1 aromatic heterocycles. The summed E-state index contributed by atoms with van der Waals surface area (Å²) in [6, 6.07) is 7.03. The zero-order valence-corrected chi connectivity index (χ0v) is 10.3. The van der Waals surface area contributed by atoms with Crippen LogP contribution in [0.15, 0.2) is 34.7 Å². The largest absolute Gasteiger partial charge is 0.454 e. The third kappa shape index (κ3) is 2.72. The van der Waals surface area contributed by atoms with E-state index in [9.17, 15) is 8.78 Å². The van der Waals surface area contributed by atoms with Crippen LogP contribution in [0.4, 0.5) is 14.5 Å². The highest BCUT2D eigenvalue weighted by Gasteiger charge is 2.04. The first-order valence-corrected chi connectivity index (χ1v) is 5.66. The number of benzene rings is 1. The van der Waals surface area contributed by atoms with E-state index in [0.29, 0.717) is 12.3 Å². The number of hydrogen-bond acceptors (Lipinski definition) is 2. The Kier molecular flexibility index (Phi) is 3.42. The van der Waals surface area contributed by atoms with Crippen LogP contribution in [0.25, 0.3) is 0 Å². The number of furan rings is 1. The zero-order valence-electron chi connectivity index (χ0n) is 8.14. The van der Waals surface area contributed by atoms with Gasteiger partial charge in [-0.2, -0.15) is 0 Å². The Balaban J connectivity index is 2.04. The van der Waals surface area contributed by atoms with Gasteiger partial charge in [0.1, 0.15) is 17.4 Å². The molecule has 2 nitrogen and oxygen atoms in total. The Labute approximate surface area is 105 Å². The Morgan fingerprint density at radius 3 is 2.62 bits per heavy atom. The third-order valence-electron chi connectivity index (χ3n) is 2.01. The molecule has 16 heavy (non-hydrogen) atoms. The molecule has 1 aromatic carbocycles. The molecule has 2 rings (SSSR count). The molecule has 0 bridgehead atoms. The number of hydrogen-bond donors (Lipinski definition) is 1. The van der Waals surface area contributed by atoms with E-state index in [4.69, 9.17) is 4.42 Å². The van der Waals surface area contributed by atoms with Crippen molar-refractivity contribution in [3.63, 3.8) is 0 Å². The summed E-state index contributed by atoms with van der Waals surface area (Å²) in [6.07, 6.45) is 0. The van der Waals surface area contributed by atoms with Gasteiger partial charge in [0, 0.05) is 6.07 Å². The first kappa shape index (κ1) is 11.4. The second-order valence-corrected chi connectivity index (χ2v) is 4.25. The maximum atomic E-state index is 13.2. The van der Waals surface area contributed by atoms with E-state index in [-0.39, 0.29) is 5.69 Å². The molecule has 0 fully saturated rings. The maximum Gasteiger partial charge on any atom is 0.164 e. The smallest absolute Gasteiger partial charge is 0.164 e. The van der Waals surface area contributed by atoms with Crippen molar-refractivity contribution in [2.75, 3.05) is 5.32 Å². The molecule has 0 spiro atoms. The van der Waals surface area contributed by atoms with Crippen LogP contribution in [-0.2, 0) is 6.54 Å². The Morgan fingerprint density at radius 2 is 2.00 bits per heavy atom. The highest BCUT2D eigenvalue weighted by Crippen LogP contribution is 2.17. The van der Waals surface area contributed by atoms with Gasteiger partial charge in [-0.25, -0.2) is 8.78 Å². The van der Waals surface area contributed by atoms with Crippen LogP contribution in [0.3, 0.4) is 0 Å². The van der Waals surface area contributed by atoms with Gasteiger partial charge in [0.25, 0.3) is 0 Å². The van der Waals surface area contributed by atoms with Gasteiger partial charge in [-0.3, -0.25) is 0 Å². The molecule has 84 valence electrons. The summed E-state index contributed by atoms with van der Waals surface area (Å²) in [4.78, 5) is 0. The van der Waals surface area contributed by atoms with Crippen LogP contribution >= 0.6 is 22.6 Å². The van der Waals surface area contributed by atoms with Crippen molar-refractivity contribution in [2.24, 2.45) is 0 Å². The van der Waals surface area contributed by atoms with Crippen LogP contribution < -0.4 is 5.32 Å². The minimum Gasteiger partial charge on any atom is -0.454 e. The number of halogens is 3. The molecule has 0 unspecified atom stereocenters. The topological polar surface area (TPSA) is 25.2 Å². The molecule has 0 aliphatic carbocycles. The highest BCUT2D eigenvalue weighted by atomic mass is 127. The number of rotatable bonds is 3. The average molecular weight is 335 g/mol. The SMILES string of the molecule is Fc1ccc(NCc2ccc(I)o2)c(F)c1. The molecule has 0 aliphatic rings. The van der Waals surface area contributed by atoms with Crippen molar-refractivity contribution in [1.82, 2.24) is 0 Å². The Bertz CT molecular complexity index is 498. The van der Waals surface area contributed by atoms with Gasteiger partial charge in [0.05, 0.1) is 12.2 Å². The molecule has 2 aromatic rings. The summed E-state index contributed by atoms with van der Waals surface area (Å²) < 4.78 is 31.9. The van der Waals surface area contributed by atoms with Crippen LogP contribution in [0.2, 0.25) is 0 Å². The van der Waals surface area contributed by atoms with Gasteiger partial charge in [0.15, 0.2) is 3.77 Å². The fraction of sp³-hybridized carbons (Fsp3) is 0.0909. The summed E-state index contributed by atoms with van der Waals surface area (Å²) >= 11 is 2.05. The van der Waals surface area contributed by atoms with E-state index < -0.39 is 11.6 Å². The lowest BCUT2D eigenvalue weighted by Crippen LogP contribution is -2.00. The third-order valence-corrected chi connectivity index (χ3v) is 2.59. The Hall–Kier alpha value is -1.11. The molecule has 0 aliphatic heterocycles. The summed E-state index contributed by atoms with van der Waals surface area (Å²) in [5, 5.41) is 2.83. The van der Waals surface area contributed by atoms with Crippen molar-refractivity contribution < 1.29 is 13.2 Å². The van der Waals surface area contributed by atoms with E-state index in [0.717, 1.165) is 9.83 Å². The van der Waals surface area contributed by atoms with Crippen LogP contribution in [-0.4, -0.2) is 0 Å². The predicted octanol–water partition coefficient (Wildman–Crippen LogP) is 3.77. The molecule has 0 atom stereocenters. The summed E-state index contributed by atoms with van der Waals surface area (Å²) in [7, 11) is 0. The summed E-state index contributed by atoms with van der Waals surface area (Å²) in [5.74, 6) is -0.495. The van der Waals surface area contributed by atoms with Crippen molar-refractivity contribution in [3.8, 4) is 0 Å². The fourth-order valence-electron chi connectivity index (χ4n) is 1.26. The fourth-order valence-corrected chi connectivity index (χ4v) is 1.72. The number of nitrogens with one attached hydrogen (secondary N) is 1. The van der Waals surface area contributed by atoms with Crippen LogP contribution in [0, 0.1) is 15.4 Å². The molecule has 0 radical (unpaired) electrons. The quantitative estimate of drug-likeness (QED) is 0.864. The molecule has 1 heterocycles. The van der Waals surface area contributed by atoms with E-state index in [1.807, 2.05) is 28.7 Å². The minimum atomic E-state index is -0.610. The van der Waals surface area contributed by atoms with Gasteiger partial charge in [-0.1, -0.05) is 0 Å². The van der Waals surface area contributed by atoms with Crippen molar-refractivity contribution in [1.29, 1.82) is 0 Å². The lowest BCUT2D eigenvalue weighted by Gasteiger charge is -2.05. The van der Waals surface area contributed by atoms with Crippen LogP contribution in [0.5, 0.6) is 0 Å². The molecule has 0 amide bonds. The van der Waals surface area contributed by atoms with Gasteiger partial charge in [-0.15, -0.1) is 0 Å². The van der Waals surface area contributed by atoms with E-state index in [1.54, 1.807) is 6.07 Å². The molecule has 1 N–H and O–H groups in total. The van der Waals surface area contributed by atoms with Crippen molar-refractivity contribution in [3.05, 3.63) is 51.5 Å². The van der Waals surface area contributed by atoms with Crippen LogP contribution in [0.1, 0.15) is 5.76 Å². The molecular weight excluding hydrogens is 327 g/mol. The lowest BCUT2D eigenvalue weighted by molar-refractivity contribution is 0.492. The first-order valence-electron chi connectivity index (χ1n) is 4.58.